The molecule has 2 atom stereocenters. The summed E-state index contributed by atoms with van der Waals surface area (Å²) >= 11 is 0. The van der Waals surface area contributed by atoms with E-state index >= 15 is 0 Å². The third kappa shape index (κ3) is 5.58. The van der Waals surface area contributed by atoms with Gasteiger partial charge < -0.3 is 14.8 Å². The Labute approximate surface area is 175 Å². The fraction of sp³-hybridized carbons (Fsp3) is 0.333. The number of carbonyl (C=O) groups is 2. The van der Waals surface area contributed by atoms with Gasteiger partial charge in [-0.05, 0) is 49.1 Å². The summed E-state index contributed by atoms with van der Waals surface area (Å²) in [5, 5.41) is 7.77. The molecule has 1 heterocycles. The minimum Gasteiger partial charge on any atom is -0.492 e. The molecule has 2 aromatic rings. The molecule has 1 aliphatic rings. The Bertz CT molecular complexity index is 1020. The van der Waals surface area contributed by atoms with Gasteiger partial charge in [-0.15, -0.1) is 0 Å². The third-order valence-electron chi connectivity index (χ3n) is 4.84. The molecular formula is C21H24N2O6S. The molecule has 0 unspecified atom stereocenters. The number of hydrogen-bond donors (Lipinski definition) is 2. The van der Waals surface area contributed by atoms with Crippen LogP contribution in [0.15, 0.2) is 53.4 Å². The SMILES string of the molecule is C[C@@H](OC(=O)[C@@H]1COc2ccccc2C1)C(=O)NCCc1ccc(S(N)(=O)=O)cc1. The lowest BCUT2D eigenvalue weighted by Crippen LogP contribution is -2.39. The summed E-state index contributed by atoms with van der Waals surface area (Å²) in [7, 11) is -3.73. The van der Waals surface area contributed by atoms with E-state index in [9.17, 15) is 18.0 Å². The van der Waals surface area contributed by atoms with Gasteiger partial charge in [0.2, 0.25) is 10.0 Å². The Hall–Kier alpha value is -2.91. The Kier molecular flexibility index (Phi) is 6.73. The van der Waals surface area contributed by atoms with Crippen molar-refractivity contribution in [3.8, 4) is 5.75 Å². The number of para-hydroxylation sites is 1. The minimum atomic E-state index is -3.73. The van der Waals surface area contributed by atoms with Crippen LogP contribution in [-0.2, 0) is 37.2 Å². The maximum Gasteiger partial charge on any atom is 0.313 e. The van der Waals surface area contributed by atoms with Gasteiger partial charge in [0.15, 0.2) is 6.10 Å². The zero-order valence-electron chi connectivity index (χ0n) is 16.5. The average molecular weight is 432 g/mol. The minimum absolute atomic E-state index is 0.0325. The summed E-state index contributed by atoms with van der Waals surface area (Å²) in [5.41, 5.74) is 1.78. The molecule has 0 fully saturated rings. The van der Waals surface area contributed by atoms with Crippen molar-refractivity contribution >= 4 is 21.9 Å². The van der Waals surface area contributed by atoms with Crippen LogP contribution in [0.1, 0.15) is 18.1 Å². The molecule has 0 saturated heterocycles. The predicted octanol–water partition coefficient (Wildman–Crippen LogP) is 1.18. The molecule has 9 heteroatoms. The number of esters is 1. The maximum atomic E-state index is 12.4. The van der Waals surface area contributed by atoms with Crippen molar-refractivity contribution in [3.63, 3.8) is 0 Å². The molecule has 0 saturated carbocycles. The first-order valence-electron chi connectivity index (χ1n) is 9.54. The van der Waals surface area contributed by atoms with Crippen LogP contribution >= 0.6 is 0 Å². The molecule has 8 nitrogen and oxygen atoms in total. The van der Waals surface area contributed by atoms with E-state index in [1.54, 1.807) is 12.1 Å². The lowest BCUT2D eigenvalue weighted by atomic mass is 9.97. The van der Waals surface area contributed by atoms with Crippen molar-refractivity contribution in [1.82, 2.24) is 5.32 Å². The van der Waals surface area contributed by atoms with Crippen molar-refractivity contribution in [3.05, 3.63) is 59.7 Å². The van der Waals surface area contributed by atoms with E-state index in [1.165, 1.54) is 19.1 Å². The van der Waals surface area contributed by atoms with E-state index in [-0.39, 0.29) is 11.5 Å². The van der Waals surface area contributed by atoms with E-state index in [0.29, 0.717) is 19.4 Å². The molecular weight excluding hydrogens is 408 g/mol. The monoisotopic (exact) mass is 432 g/mol. The second-order valence-electron chi connectivity index (χ2n) is 7.13. The van der Waals surface area contributed by atoms with Crippen molar-refractivity contribution in [2.45, 2.75) is 30.8 Å². The molecule has 0 aliphatic carbocycles. The highest BCUT2D eigenvalue weighted by Gasteiger charge is 2.29. The number of primary sulfonamides is 1. The second kappa shape index (κ2) is 9.27. The lowest BCUT2D eigenvalue weighted by molar-refractivity contribution is -0.160. The highest BCUT2D eigenvalue weighted by atomic mass is 32.2. The predicted molar refractivity (Wildman–Crippen MR) is 109 cm³/mol. The molecule has 30 heavy (non-hydrogen) atoms. The molecule has 2 aromatic carbocycles. The summed E-state index contributed by atoms with van der Waals surface area (Å²) in [5.74, 6) is -0.552. The molecule has 0 aromatic heterocycles. The third-order valence-corrected chi connectivity index (χ3v) is 5.77. The van der Waals surface area contributed by atoms with E-state index in [1.807, 2.05) is 24.3 Å². The molecule has 0 spiro atoms. The summed E-state index contributed by atoms with van der Waals surface area (Å²) in [6.45, 7) is 2.06. The van der Waals surface area contributed by atoms with Gasteiger partial charge in [-0.25, -0.2) is 13.6 Å². The summed E-state index contributed by atoms with van der Waals surface area (Å²) in [4.78, 5) is 24.6. The first kappa shape index (κ1) is 21.8. The number of rotatable bonds is 7. The van der Waals surface area contributed by atoms with Crippen molar-refractivity contribution in [2.75, 3.05) is 13.2 Å². The number of amides is 1. The molecule has 3 N–H and O–H groups in total. The first-order chi connectivity index (χ1) is 14.2. The summed E-state index contributed by atoms with van der Waals surface area (Å²) in [6, 6.07) is 13.6. The average Bonchev–Trinajstić information content (AvgIpc) is 2.73. The van der Waals surface area contributed by atoms with E-state index in [4.69, 9.17) is 14.6 Å². The van der Waals surface area contributed by atoms with E-state index in [0.717, 1.165) is 16.9 Å². The first-order valence-corrected chi connectivity index (χ1v) is 11.1. The van der Waals surface area contributed by atoms with Gasteiger partial charge in [0, 0.05) is 6.54 Å². The molecule has 160 valence electrons. The number of nitrogens with two attached hydrogens (primary N) is 1. The van der Waals surface area contributed by atoms with Gasteiger partial charge in [-0.3, -0.25) is 9.59 Å². The van der Waals surface area contributed by atoms with E-state index in [2.05, 4.69) is 5.32 Å². The maximum absolute atomic E-state index is 12.4. The Morgan fingerprint density at radius 1 is 1.20 bits per heavy atom. The van der Waals surface area contributed by atoms with Crippen LogP contribution in [0.4, 0.5) is 0 Å². The molecule has 1 amide bonds. The topological polar surface area (TPSA) is 125 Å². The largest absolute Gasteiger partial charge is 0.492 e. The Morgan fingerprint density at radius 3 is 2.60 bits per heavy atom. The zero-order valence-corrected chi connectivity index (χ0v) is 17.4. The van der Waals surface area contributed by atoms with Crippen LogP contribution < -0.4 is 15.2 Å². The van der Waals surface area contributed by atoms with Crippen LogP contribution in [0.25, 0.3) is 0 Å². The number of ether oxygens (including phenoxy) is 2. The lowest BCUT2D eigenvalue weighted by Gasteiger charge is -2.25. The van der Waals surface area contributed by atoms with Crippen LogP contribution in [0.5, 0.6) is 5.75 Å². The van der Waals surface area contributed by atoms with Gasteiger partial charge in [0.25, 0.3) is 5.91 Å². The van der Waals surface area contributed by atoms with Crippen LogP contribution in [0, 0.1) is 5.92 Å². The summed E-state index contributed by atoms with van der Waals surface area (Å²) in [6.07, 6.45) is 0.0713. The fourth-order valence-corrected chi connectivity index (χ4v) is 3.64. The van der Waals surface area contributed by atoms with Crippen molar-refractivity contribution < 1.29 is 27.5 Å². The molecule has 0 bridgehead atoms. The number of sulfonamides is 1. The fourth-order valence-electron chi connectivity index (χ4n) is 3.12. The summed E-state index contributed by atoms with van der Waals surface area (Å²) < 4.78 is 33.4. The quantitative estimate of drug-likeness (QED) is 0.633. The number of fused-ring (bicyclic) bond motifs is 1. The van der Waals surface area contributed by atoms with Gasteiger partial charge in [-0.2, -0.15) is 0 Å². The van der Waals surface area contributed by atoms with Crippen molar-refractivity contribution in [1.29, 1.82) is 0 Å². The molecule has 0 radical (unpaired) electrons. The highest BCUT2D eigenvalue weighted by molar-refractivity contribution is 7.89. The van der Waals surface area contributed by atoms with Gasteiger partial charge >= 0.3 is 5.97 Å². The molecule has 1 aliphatic heterocycles. The Morgan fingerprint density at radius 2 is 1.90 bits per heavy atom. The van der Waals surface area contributed by atoms with Crippen LogP contribution in [0.3, 0.4) is 0 Å². The second-order valence-corrected chi connectivity index (χ2v) is 8.69. The Balaban J connectivity index is 1.44. The number of benzene rings is 2. The smallest absolute Gasteiger partial charge is 0.313 e. The zero-order chi connectivity index (χ0) is 21.7. The normalized spacial score (nSPS) is 16.7. The van der Waals surface area contributed by atoms with Crippen LogP contribution in [-0.4, -0.2) is 39.5 Å². The van der Waals surface area contributed by atoms with Crippen molar-refractivity contribution in [2.24, 2.45) is 11.1 Å². The standard InChI is InChI=1S/C21H24N2O6S/c1-14(29-21(25)17-12-16-4-2-3-5-19(16)28-13-17)20(24)23-11-10-15-6-8-18(9-7-15)30(22,26)27/h2-9,14,17H,10-13H2,1H3,(H,23,24)(H2,22,26,27)/t14-,17+/m1/s1. The highest BCUT2D eigenvalue weighted by Crippen LogP contribution is 2.27. The number of nitrogens with one attached hydrogen (secondary N) is 1. The number of carbonyl (C=O) groups excluding carboxylic acids is 2. The van der Waals surface area contributed by atoms with Gasteiger partial charge in [0.1, 0.15) is 12.4 Å². The van der Waals surface area contributed by atoms with Gasteiger partial charge in [0.05, 0.1) is 10.8 Å². The van der Waals surface area contributed by atoms with Gasteiger partial charge in [-0.1, -0.05) is 30.3 Å². The van der Waals surface area contributed by atoms with E-state index < -0.39 is 33.9 Å². The van der Waals surface area contributed by atoms with Crippen LogP contribution in [0.2, 0.25) is 0 Å². The molecule has 3 rings (SSSR count). The number of hydrogen-bond acceptors (Lipinski definition) is 6.